The van der Waals surface area contributed by atoms with Crippen molar-refractivity contribution in [2.24, 2.45) is 0 Å². The summed E-state index contributed by atoms with van der Waals surface area (Å²) in [5.74, 6) is 0. The molecule has 1 aliphatic carbocycles. The van der Waals surface area contributed by atoms with E-state index in [0.717, 1.165) is 18.6 Å². The fraction of sp³-hybridized carbons (Fsp3) is 0.857. The highest BCUT2D eigenvalue weighted by Crippen LogP contribution is 2.25. The molecule has 0 spiro atoms. The van der Waals surface area contributed by atoms with Gasteiger partial charge in [-0.15, -0.1) is 0 Å². The third kappa shape index (κ3) is 2.67. The Morgan fingerprint density at radius 1 is 1.38 bits per heavy atom. The second-order valence-electron chi connectivity index (χ2n) is 5.94. The van der Waals surface area contributed by atoms with Crippen molar-refractivity contribution in [2.45, 2.75) is 64.1 Å². The SMILES string of the molecule is CCC1CNC(C)(C)CN1C1CC=CCC1. The zero-order valence-electron chi connectivity index (χ0n) is 11.0. The Kier molecular flexibility index (Phi) is 3.70. The maximum Gasteiger partial charge on any atom is 0.0253 e. The first kappa shape index (κ1) is 12.1. The molecule has 0 bridgehead atoms. The quantitative estimate of drug-likeness (QED) is 0.722. The molecule has 2 aliphatic rings. The van der Waals surface area contributed by atoms with Gasteiger partial charge in [-0.2, -0.15) is 0 Å². The molecule has 16 heavy (non-hydrogen) atoms. The van der Waals surface area contributed by atoms with Crippen LogP contribution in [-0.4, -0.2) is 35.6 Å². The molecule has 92 valence electrons. The fourth-order valence-electron chi connectivity index (χ4n) is 3.04. The molecule has 0 radical (unpaired) electrons. The van der Waals surface area contributed by atoms with Gasteiger partial charge in [-0.05, 0) is 39.5 Å². The summed E-state index contributed by atoms with van der Waals surface area (Å²) in [6.07, 6.45) is 9.85. The van der Waals surface area contributed by atoms with Gasteiger partial charge in [0, 0.05) is 30.7 Å². The molecule has 2 rings (SSSR count). The van der Waals surface area contributed by atoms with Crippen LogP contribution in [0.15, 0.2) is 12.2 Å². The van der Waals surface area contributed by atoms with Gasteiger partial charge in [0.2, 0.25) is 0 Å². The molecule has 1 N–H and O–H groups in total. The molecule has 1 saturated heterocycles. The lowest BCUT2D eigenvalue weighted by Gasteiger charge is -2.48. The van der Waals surface area contributed by atoms with Gasteiger partial charge in [0.25, 0.3) is 0 Å². The number of allylic oxidation sites excluding steroid dienone is 1. The van der Waals surface area contributed by atoms with Crippen LogP contribution in [0.5, 0.6) is 0 Å². The highest BCUT2D eigenvalue weighted by Gasteiger charge is 2.35. The van der Waals surface area contributed by atoms with E-state index in [4.69, 9.17) is 0 Å². The molecule has 0 saturated carbocycles. The van der Waals surface area contributed by atoms with Crippen LogP contribution in [0, 0.1) is 0 Å². The number of rotatable bonds is 2. The van der Waals surface area contributed by atoms with Gasteiger partial charge < -0.3 is 5.32 Å². The first-order valence-electron chi connectivity index (χ1n) is 6.78. The Morgan fingerprint density at radius 3 is 2.81 bits per heavy atom. The minimum absolute atomic E-state index is 0.285. The van der Waals surface area contributed by atoms with E-state index in [2.05, 4.69) is 43.1 Å². The molecule has 1 fully saturated rings. The third-order valence-corrected chi connectivity index (χ3v) is 4.04. The lowest BCUT2D eigenvalue weighted by Crippen LogP contribution is -2.63. The van der Waals surface area contributed by atoms with Gasteiger partial charge in [-0.3, -0.25) is 4.90 Å². The first-order chi connectivity index (χ1) is 7.62. The second-order valence-corrected chi connectivity index (χ2v) is 5.94. The van der Waals surface area contributed by atoms with Gasteiger partial charge in [-0.1, -0.05) is 19.1 Å². The van der Waals surface area contributed by atoms with E-state index in [1.165, 1.54) is 32.2 Å². The maximum absolute atomic E-state index is 3.67. The monoisotopic (exact) mass is 222 g/mol. The fourth-order valence-corrected chi connectivity index (χ4v) is 3.04. The number of hydrogen-bond acceptors (Lipinski definition) is 2. The number of nitrogens with zero attached hydrogens (tertiary/aromatic N) is 1. The van der Waals surface area contributed by atoms with Gasteiger partial charge in [-0.25, -0.2) is 0 Å². The van der Waals surface area contributed by atoms with E-state index >= 15 is 0 Å². The minimum atomic E-state index is 0.285. The molecule has 0 aromatic carbocycles. The second kappa shape index (κ2) is 4.89. The van der Waals surface area contributed by atoms with Gasteiger partial charge in [0.05, 0.1) is 0 Å². The molecule has 0 aromatic heterocycles. The van der Waals surface area contributed by atoms with E-state index in [0.29, 0.717) is 0 Å². The molecule has 2 nitrogen and oxygen atoms in total. The van der Waals surface area contributed by atoms with Crippen molar-refractivity contribution in [1.29, 1.82) is 0 Å². The maximum atomic E-state index is 3.67. The van der Waals surface area contributed by atoms with Crippen LogP contribution >= 0.6 is 0 Å². The Bertz CT molecular complexity index is 257. The van der Waals surface area contributed by atoms with Crippen LogP contribution in [0.3, 0.4) is 0 Å². The molecule has 2 atom stereocenters. The summed E-state index contributed by atoms with van der Waals surface area (Å²) in [5, 5.41) is 3.67. The summed E-state index contributed by atoms with van der Waals surface area (Å²) in [7, 11) is 0. The van der Waals surface area contributed by atoms with Crippen LogP contribution in [0.1, 0.15) is 46.5 Å². The van der Waals surface area contributed by atoms with E-state index in [9.17, 15) is 0 Å². The highest BCUT2D eigenvalue weighted by atomic mass is 15.3. The molecule has 2 heteroatoms. The van der Waals surface area contributed by atoms with Crippen molar-refractivity contribution in [3.05, 3.63) is 12.2 Å². The Morgan fingerprint density at radius 2 is 2.19 bits per heavy atom. The predicted molar refractivity (Wildman–Crippen MR) is 69.6 cm³/mol. The summed E-state index contributed by atoms with van der Waals surface area (Å²) < 4.78 is 0. The van der Waals surface area contributed by atoms with Crippen LogP contribution < -0.4 is 5.32 Å². The van der Waals surface area contributed by atoms with Gasteiger partial charge in [0.15, 0.2) is 0 Å². The Balaban J connectivity index is 2.05. The third-order valence-electron chi connectivity index (χ3n) is 4.04. The standard InChI is InChI=1S/C14H26N2/c1-4-12-10-15-14(2,3)11-16(12)13-8-6-5-7-9-13/h5-6,12-13,15H,4,7-11H2,1-3H3. The normalized spacial score (nSPS) is 35.2. The van der Waals surface area contributed by atoms with E-state index in [1.54, 1.807) is 0 Å². The zero-order chi connectivity index (χ0) is 11.6. The Labute approximate surface area is 100 Å². The highest BCUT2D eigenvalue weighted by molar-refractivity contribution is 5.00. The molecule has 2 unspecified atom stereocenters. The number of nitrogens with one attached hydrogen (secondary N) is 1. The van der Waals surface area contributed by atoms with Gasteiger partial charge in [0.1, 0.15) is 0 Å². The molecule has 1 aliphatic heterocycles. The molecule has 0 amide bonds. The Hall–Kier alpha value is -0.340. The van der Waals surface area contributed by atoms with Crippen molar-refractivity contribution in [1.82, 2.24) is 10.2 Å². The largest absolute Gasteiger partial charge is 0.309 e. The predicted octanol–water partition coefficient (Wildman–Crippen LogP) is 2.56. The molecular weight excluding hydrogens is 196 g/mol. The first-order valence-corrected chi connectivity index (χ1v) is 6.78. The average Bonchev–Trinajstić information content (AvgIpc) is 2.29. The van der Waals surface area contributed by atoms with Crippen molar-refractivity contribution < 1.29 is 0 Å². The molecule has 1 heterocycles. The van der Waals surface area contributed by atoms with E-state index in [1.807, 2.05) is 0 Å². The summed E-state index contributed by atoms with van der Waals surface area (Å²) in [5.41, 5.74) is 0.285. The number of hydrogen-bond donors (Lipinski definition) is 1. The van der Waals surface area contributed by atoms with Crippen molar-refractivity contribution in [3.63, 3.8) is 0 Å². The van der Waals surface area contributed by atoms with Crippen LogP contribution in [-0.2, 0) is 0 Å². The lowest BCUT2D eigenvalue weighted by molar-refractivity contribution is 0.0479. The van der Waals surface area contributed by atoms with Crippen molar-refractivity contribution in [2.75, 3.05) is 13.1 Å². The average molecular weight is 222 g/mol. The minimum Gasteiger partial charge on any atom is -0.309 e. The zero-order valence-corrected chi connectivity index (χ0v) is 11.0. The van der Waals surface area contributed by atoms with Gasteiger partial charge >= 0.3 is 0 Å². The molecule has 0 aromatic rings. The summed E-state index contributed by atoms with van der Waals surface area (Å²) >= 11 is 0. The number of piperazine rings is 1. The summed E-state index contributed by atoms with van der Waals surface area (Å²) in [4.78, 5) is 2.76. The van der Waals surface area contributed by atoms with Crippen molar-refractivity contribution >= 4 is 0 Å². The molecular formula is C14H26N2. The van der Waals surface area contributed by atoms with Crippen LogP contribution in [0.2, 0.25) is 0 Å². The van der Waals surface area contributed by atoms with E-state index in [-0.39, 0.29) is 5.54 Å². The smallest absolute Gasteiger partial charge is 0.0253 e. The van der Waals surface area contributed by atoms with Crippen LogP contribution in [0.25, 0.3) is 0 Å². The topological polar surface area (TPSA) is 15.3 Å². The lowest BCUT2D eigenvalue weighted by atomic mass is 9.91. The van der Waals surface area contributed by atoms with Crippen molar-refractivity contribution in [3.8, 4) is 0 Å². The van der Waals surface area contributed by atoms with E-state index < -0.39 is 0 Å². The van der Waals surface area contributed by atoms with Crippen LogP contribution in [0.4, 0.5) is 0 Å². The summed E-state index contributed by atoms with van der Waals surface area (Å²) in [6.45, 7) is 9.32. The summed E-state index contributed by atoms with van der Waals surface area (Å²) in [6, 6.07) is 1.53.